The van der Waals surface area contributed by atoms with E-state index in [0.29, 0.717) is 12.2 Å². The summed E-state index contributed by atoms with van der Waals surface area (Å²) < 4.78 is 37.0. The van der Waals surface area contributed by atoms with Gasteiger partial charge in [-0.3, -0.25) is 0 Å². The van der Waals surface area contributed by atoms with Gasteiger partial charge in [0.05, 0.1) is 5.56 Å². The third-order valence-electron chi connectivity index (χ3n) is 2.54. The van der Waals surface area contributed by atoms with Gasteiger partial charge in [-0.25, -0.2) is 4.79 Å². The van der Waals surface area contributed by atoms with Gasteiger partial charge in [0, 0.05) is 12.2 Å². The van der Waals surface area contributed by atoms with Gasteiger partial charge in [-0.2, -0.15) is 13.2 Å². The molecule has 0 aliphatic carbocycles. The minimum atomic E-state index is -4.37. The van der Waals surface area contributed by atoms with Crippen LogP contribution in [-0.4, -0.2) is 38.1 Å². The highest BCUT2D eigenvalue weighted by Gasteiger charge is 2.29. The monoisotopic (exact) mass is 289 g/mol. The molecule has 0 saturated carbocycles. The zero-order chi connectivity index (χ0) is 15.2. The lowest BCUT2D eigenvalue weighted by Crippen LogP contribution is -2.31. The van der Waals surface area contributed by atoms with Gasteiger partial charge >= 0.3 is 12.2 Å². The average Bonchev–Trinajstić information content (AvgIpc) is 2.34. The Balaban J connectivity index is 2.39. The number of halogens is 3. The van der Waals surface area contributed by atoms with Crippen LogP contribution >= 0.6 is 0 Å². The molecule has 0 heterocycles. The van der Waals surface area contributed by atoms with E-state index in [-0.39, 0.29) is 0 Å². The van der Waals surface area contributed by atoms with Gasteiger partial charge in [0.2, 0.25) is 0 Å². The van der Waals surface area contributed by atoms with E-state index in [1.54, 1.807) is 0 Å². The molecule has 0 aliphatic heterocycles. The van der Waals surface area contributed by atoms with Crippen LogP contribution in [0.3, 0.4) is 0 Å². The Kier molecular flexibility index (Phi) is 5.82. The Morgan fingerprint density at radius 1 is 1.20 bits per heavy atom. The first-order valence-electron chi connectivity index (χ1n) is 6.16. The number of benzene rings is 1. The zero-order valence-electron chi connectivity index (χ0n) is 11.4. The lowest BCUT2D eigenvalue weighted by Gasteiger charge is -2.11. The summed E-state index contributed by atoms with van der Waals surface area (Å²) in [4.78, 5) is 13.5. The van der Waals surface area contributed by atoms with Gasteiger partial charge in [0.25, 0.3) is 0 Å². The number of alkyl halides is 3. The molecular weight excluding hydrogens is 271 g/mol. The van der Waals surface area contributed by atoms with E-state index in [0.717, 1.165) is 25.1 Å². The highest BCUT2D eigenvalue weighted by molar-refractivity contribution is 5.89. The molecule has 0 spiro atoms. The lowest BCUT2D eigenvalue weighted by atomic mass is 10.2. The molecule has 0 radical (unpaired) electrons. The summed E-state index contributed by atoms with van der Waals surface area (Å²) in [7, 11) is 3.87. The summed E-state index contributed by atoms with van der Waals surface area (Å²) in [6.45, 7) is 1.35. The number of anilines is 1. The summed E-state index contributed by atoms with van der Waals surface area (Å²) in [6, 6.07) is 3.89. The standard InChI is InChI=1S/C13H18F3N3O/c1-19(2)9-3-8-17-12(20)18-11-6-4-10(5-7-11)13(14,15)16/h4-7H,3,8-9H2,1-2H3,(H2,17,18,20). The van der Waals surface area contributed by atoms with Crippen molar-refractivity contribution in [1.29, 1.82) is 0 Å². The van der Waals surface area contributed by atoms with E-state index >= 15 is 0 Å². The minimum absolute atomic E-state index is 0.322. The van der Waals surface area contributed by atoms with Crippen molar-refractivity contribution in [1.82, 2.24) is 10.2 Å². The topological polar surface area (TPSA) is 44.4 Å². The molecule has 0 aliphatic rings. The van der Waals surface area contributed by atoms with Gasteiger partial charge in [-0.1, -0.05) is 0 Å². The van der Waals surface area contributed by atoms with E-state index in [2.05, 4.69) is 10.6 Å². The van der Waals surface area contributed by atoms with Crippen LogP contribution in [0, 0.1) is 0 Å². The number of rotatable bonds is 5. The van der Waals surface area contributed by atoms with Gasteiger partial charge < -0.3 is 15.5 Å². The van der Waals surface area contributed by atoms with Gasteiger partial charge in [-0.15, -0.1) is 0 Å². The number of hydrogen-bond donors (Lipinski definition) is 2. The number of hydrogen-bond acceptors (Lipinski definition) is 2. The van der Waals surface area contributed by atoms with Crippen molar-refractivity contribution >= 4 is 11.7 Å². The van der Waals surface area contributed by atoms with Crippen molar-refractivity contribution in [2.45, 2.75) is 12.6 Å². The quantitative estimate of drug-likeness (QED) is 0.819. The van der Waals surface area contributed by atoms with Gasteiger partial charge in [0.1, 0.15) is 0 Å². The predicted molar refractivity (Wildman–Crippen MR) is 71.6 cm³/mol. The molecule has 0 saturated heterocycles. The number of carbonyl (C=O) groups excluding carboxylic acids is 1. The molecule has 7 heteroatoms. The van der Waals surface area contributed by atoms with E-state index in [9.17, 15) is 18.0 Å². The van der Waals surface area contributed by atoms with E-state index in [1.165, 1.54) is 12.1 Å². The highest BCUT2D eigenvalue weighted by Crippen LogP contribution is 2.29. The average molecular weight is 289 g/mol. The van der Waals surface area contributed by atoms with E-state index in [1.807, 2.05) is 19.0 Å². The van der Waals surface area contributed by atoms with Crippen molar-refractivity contribution in [3.05, 3.63) is 29.8 Å². The molecule has 112 valence electrons. The Hall–Kier alpha value is -1.76. The molecule has 1 aromatic carbocycles. The fourth-order valence-electron chi connectivity index (χ4n) is 1.52. The van der Waals surface area contributed by atoms with Crippen molar-refractivity contribution in [2.24, 2.45) is 0 Å². The van der Waals surface area contributed by atoms with Crippen molar-refractivity contribution in [2.75, 3.05) is 32.5 Å². The van der Waals surface area contributed by atoms with Crippen LogP contribution in [0.5, 0.6) is 0 Å². The van der Waals surface area contributed by atoms with Crippen LogP contribution in [0.2, 0.25) is 0 Å². The molecule has 0 atom stereocenters. The number of amides is 2. The SMILES string of the molecule is CN(C)CCCNC(=O)Nc1ccc(C(F)(F)F)cc1. The first-order valence-corrected chi connectivity index (χ1v) is 6.16. The van der Waals surface area contributed by atoms with Crippen LogP contribution in [0.1, 0.15) is 12.0 Å². The first kappa shape index (κ1) is 16.3. The van der Waals surface area contributed by atoms with Crippen LogP contribution in [0.15, 0.2) is 24.3 Å². The van der Waals surface area contributed by atoms with Crippen molar-refractivity contribution in [3.63, 3.8) is 0 Å². The molecule has 0 bridgehead atoms. The van der Waals surface area contributed by atoms with Crippen LogP contribution in [0.4, 0.5) is 23.7 Å². The molecule has 4 nitrogen and oxygen atoms in total. The fraction of sp³-hybridized carbons (Fsp3) is 0.462. The predicted octanol–water partition coefficient (Wildman–Crippen LogP) is 2.78. The second-order valence-corrected chi connectivity index (χ2v) is 4.61. The zero-order valence-corrected chi connectivity index (χ0v) is 11.4. The molecule has 20 heavy (non-hydrogen) atoms. The number of urea groups is 1. The maximum Gasteiger partial charge on any atom is 0.416 e. The maximum atomic E-state index is 12.3. The molecule has 0 aromatic heterocycles. The van der Waals surface area contributed by atoms with E-state index in [4.69, 9.17) is 0 Å². The summed E-state index contributed by atoms with van der Waals surface area (Å²) in [5, 5.41) is 5.11. The normalized spacial score (nSPS) is 11.5. The molecule has 1 rings (SSSR count). The van der Waals surface area contributed by atoms with Gasteiger partial charge in [-0.05, 0) is 51.3 Å². The second kappa shape index (κ2) is 7.14. The molecular formula is C13H18F3N3O. The molecule has 0 fully saturated rings. The number of nitrogens with one attached hydrogen (secondary N) is 2. The summed E-state index contributed by atoms with van der Waals surface area (Å²) in [6.07, 6.45) is -3.57. The summed E-state index contributed by atoms with van der Waals surface area (Å²) in [5.41, 5.74) is -0.419. The lowest BCUT2D eigenvalue weighted by molar-refractivity contribution is -0.137. The third-order valence-corrected chi connectivity index (χ3v) is 2.54. The van der Waals surface area contributed by atoms with Crippen molar-refractivity contribution in [3.8, 4) is 0 Å². The number of carbonyl (C=O) groups is 1. The molecule has 1 aromatic rings. The third kappa shape index (κ3) is 5.92. The number of nitrogens with zero attached hydrogens (tertiary/aromatic N) is 1. The Bertz CT molecular complexity index is 429. The Morgan fingerprint density at radius 2 is 1.80 bits per heavy atom. The van der Waals surface area contributed by atoms with Crippen LogP contribution < -0.4 is 10.6 Å². The largest absolute Gasteiger partial charge is 0.416 e. The maximum absolute atomic E-state index is 12.3. The minimum Gasteiger partial charge on any atom is -0.338 e. The molecule has 0 unspecified atom stereocenters. The van der Waals surface area contributed by atoms with E-state index < -0.39 is 17.8 Å². The molecule has 2 N–H and O–H groups in total. The fourth-order valence-corrected chi connectivity index (χ4v) is 1.52. The van der Waals surface area contributed by atoms with Crippen molar-refractivity contribution < 1.29 is 18.0 Å². The summed E-state index contributed by atoms with van der Waals surface area (Å²) >= 11 is 0. The second-order valence-electron chi connectivity index (χ2n) is 4.61. The Labute approximate surface area is 116 Å². The smallest absolute Gasteiger partial charge is 0.338 e. The summed E-state index contributed by atoms with van der Waals surface area (Å²) in [5.74, 6) is 0. The van der Waals surface area contributed by atoms with Crippen LogP contribution in [0.25, 0.3) is 0 Å². The Morgan fingerprint density at radius 3 is 2.30 bits per heavy atom. The molecule has 2 amide bonds. The van der Waals surface area contributed by atoms with Gasteiger partial charge in [0.15, 0.2) is 0 Å². The van der Waals surface area contributed by atoms with Crippen LogP contribution in [-0.2, 0) is 6.18 Å². The highest BCUT2D eigenvalue weighted by atomic mass is 19.4. The first-order chi connectivity index (χ1) is 9.29.